The van der Waals surface area contributed by atoms with Crippen LogP contribution in [0.1, 0.15) is 0 Å². The minimum atomic E-state index is 0.838. The lowest BCUT2D eigenvalue weighted by Crippen LogP contribution is -1.92. The summed E-state index contributed by atoms with van der Waals surface area (Å²) in [6.45, 7) is 0. The maximum Gasteiger partial charge on any atom is 0.187 e. The molecule has 0 amide bonds. The van der Waals surface area contributed by atoms with E-state index in [1.807, 2.05) is 65.0 Å². The molecule has 4 aromatic heterocycles. The van der Waals surface area contributed by atoms with E-state index < -0.39 is 0 Å². The highest BCUT2D eigenvalue weighted by molar-refractivity contribution is 7.98. The Bertz CT molecular complexity index is 942. The molecule has 0 radical (unpaired) electrons. The summed E-state index contributed by atoms with van der Waals surface area (Å²) in [6.07, 6.45) is 7.68. The molecule has 7 heteroatoms. The molecule has 0 fully saturated rings. The molecule has 0 saturated heterocycles. The summed E-state index contributed by atoms with van der Waals surface area (Å²) >= 11 is 3.19. The van der Waals surface area contributed by atoms with Gasteiger partial charge in [0.1, 0.15) is 11.3 Å². The molecule has 0 atom stereocenters. The second kappa shape index (κ2) is 6.02. The Kier molecular flexibility index (Phi) is 3.72. The average Bonchev–Trinajstić information content (AvgIpc) is 3.22. The van der Waals surface area contributed by atoms with Gasteiger partial charge in [0.25, 0.3) is 0 Å². The normalized spacial score (nSPS) is 11.0. The van der Waals surface area contributed by atoms with Crippen LogP contribution in [0.15, 0.2) is 59.3 Å². The number of hydrogen-bond acceptors (Lipinski definition) is 6. The van der Waals surface area contributed by atoms with Crippen LogP contribution in [0.25, 0.3) is 17.0 Å². The molecule has 0 bridgehead atoms. The highest BCUT2D eigenvalue weighted by atomic mass is 32.2. The third-order valence-corrected chi connectivity index (χ3v) is 4.80. The second-order valence-electron chi connectivity index (χ2n) is 4.82. The van der Waals surface area contributed by atoms with Crippen molar-refractivity contribution in [2.45, 2.75) is 5.03 Å². The van der Waals surface area contributed by atoms with Crippen molar-refractivity contribution in [1.29, 1.82) is 0 Å². The molecule has 0 unspecified atom stereocenters. The summed E-state index contributed by atoms with van der Waals surface area (Å²) in [5, 5.41) is 7.16. The fourth-order valence-corrected chi connectivity index (χ4v) is 3.36. The Morgan fingerprint density at radius 3 is 2.91 bits per heavy atom. The molecule has 0 aliphatic rings. The Morgan fingerprint density at radius 2 is 2.09 bits per heavy atom. The van der Waals surface area contributed by atoms with Gasteiger partial charge in [0, 0.05) is 11.6 Å². The van der Waals surface area contributed by atoms with Crippen LogP contribution in [0.4, 0.5) is 10.8 Å². The molecule has 114 valence electrons. The molecule has 0 aromatic carbocycles. The number of nitrogens with zero attached hydrogens (tertiary/aromatic N) is 4. The van der Waals surface area contributed by atoms with E-state index in [0.717, 1.165) is 32.9 Å². The summed E-state index contributed by atoms with van der Waals surface area (Å²) < 4.78 is 2.04. The number of aromatic nitrogens is 4. The van der Waals surface area contributed by atoms with E-state index in [1.165, 1.54) is 0 Å². The van der Waals surface area contributed by atoms with Gasteiger partial charge in [-0.25, -0.2) is 15.0 Å². The minimum Gasteiger partial charge on any atom is -0.330 e. The van der Waals surface area contributed by atoms with Crippen LogP contribution < -0.4 is 5.32 Å². The SMILES string of the molecule is CSc1ccc(Nc2nc(-c3cnc4ccccn34)cs2)cn1. The number of thioether (sulfide) groups is 1. The number of thiazole rings is 1. The Labute approximate surface area is 141 Å². The largest absolute Gasteiger partial charge is 0.330 e. The minimum absolute atomic E-state index is 0.838. The molecule has 4 aromatic rings. The van der Waals surface area contributed by atoms with Gasteiger partial charge in [0.15, 0.2) is 5.13 Å². The Morgan fingerprint density at radius 1 is 1.13 bits per heavy atom. The Hall–Kier alpha value is -2.38. The van der Waals surface area contributed by atoms with Crippen molar-refractivity contribution >= 4 is 39.6 Å². The van der Waals surface area contributed by atoms with Crippen LogP contribution in [0, 0.1) is 0 Å². The van der Waals surface area contributed by atoms with Gasteiger partial charge >= 0.3 is 0 Å². The summed E-state index contributed by atoms with van der Waals surface area (Å²) in [6, 6.07) is 9.95. The van der Waals surface area contributed by atoms with Gasteiger partial charge in [0.2, 0.25) is 0 Å². The zero-order chi connectivity index (χ0) is 15.6. The topological polar surface area (TPSA) is 55.1 Å². The molecular formula is C16H13N5S2. The van der Waals surface area contributed by atoms with Gasteiger partial charge < -0.3 is 5.32 Å². The lowest BCUT2D eigenvalue weighted by atomic mass is 10.3. The first-order chi connectivity index (χ1) is 11.3. The molecule has 4 rings (SSSR count). The summed E-state index contributed by atoms with van der Waals surface area (Å²) in [4.78, 5) is 13.4. The molecule has 1 N–H and O–H groups in total. The zero-order valence-electron chi connectivity index (χ0n) is 12.3. The van der Waals surface area contributed by atoms with E-state index in [0.29, 0.717) is 0 Å². The quantitative estimate of drug-likeness (QED) is 0.561. The predicted molar refractivity (Wildman–Crippen MR) is 95.6 cm³/mol. The van der Waals surface area contributed by atoms with E-state index in [4.69, 9.17) is 0 Å². The molecule has 0 spiro atoms. The van der Waals surface area contributed by atoms with E-state index in [-0.39, 0.29) is 0 Å². The smallest absolute Gasteiger partial charge is 0.187 e. The molecule has 0 saturated carbocycles. The molecular weight excluding hydrogens is 326 g/mol. The van der Waals surface area contributed by atoms with Crippen molar-refractivity contribution in [3.8, 4) is 11.4 Å². The number of nitrogens with one attached hydrogen (secondary N) is 1. The van der Waals surface area contributed by atoms with Gasteiger partial charge in [-0.05, 0) is 30.5 Å². The lowest BCUT2D eigenvalue weighted by molar-refractivity contribution is 1.14. The standard InChI is InChI=1S/C16H13N5S2/c1-22-15-6-5-11(8-18-15)19-16-20-12(10-23-16)13-9-17-14-4-2-3-7-21(13)14/h2-10H,1H3,(H,19,20). The van der Waals surface area contributed by atoms with Gasteiger partial charge in [-0.15, -0.1) is 23.1 Å². The van der Waals surface area contributed by atoms with Crippen molar-refractivity contribution in [3.05, 3.63) is 54.3 Å². The van der Waals surface area contributed by atoms with E-state index in [2.05, 4.69) is 20.3 Å². The number of pyridine rings is 2. The maximum atomic E-state index is 4.65. The average molecular weight is 339 g/mol. The highest BCUT2D eigenvalue weighted by Gasteiger charge is 2.10. The number of fused-ring (bicyclic) bond motifs is 1. The van der Waals surface area contributed by atoms with Crippen molar-refractivity contribution in [3.63, 3.8) is 0 Å². The van der Waals surface area contributed by atoms with Crippen LogP contribution in [-0.4, -0.2) is 25.6 Å². The Balaban J connectivity index is 1.61. The molecule has 23 heavy (non-hydrogen) atoms. The first-order valence-electron chi connectivity index (χ1n) is 6.98. The van der Waals surface area contributed by atoms with Gasteiger partial charge in [-0.3, -0.25) is 4.40 Å². The lowest BCUT2D eigenvalue weighted by Gasteiger charge is -2.02. The summed E-state index contributed by atoms with van der Waals surface area (Å²) in [7, 11) is 0. The van der Waals surface area contributed by atoms with Crippen LogP contribution in [0.3, 0.4) is 0 Å². The highest BCUT2D eigenvalue weighted by Crippen LogP contribution is 2.27. The first-order valence-corrected chi connectivity index (χ1v) is 9.09. The van der Waals surface area contributed by atoms with Crippen molar-refractivity contribution < 1.29 is 0 Å². The third-order valence-electron chi connectivity index (χ3n) is 3.38. The van der Waals surface area contributed by atoms with Gasteiger partial charge in [-0.2, -0.15) is 0 Å². The first kappa shape index (κ1) is 14.2. The van der Waals surface area contributed by atoms with Crippen LogP contribution in [-0.2, 0) is 0 Å². The van der Waals surface area contributed by atoms with Crippen LogP contribution in [0.2, 0.25) is 0 Å². The molecule has 0 aliphatic carbocycles. The van der Waals surface area contributed by atoms with Gasteiger partial charge in [-0.1, -0.05) is 6.07 Å². The molecule has 4 heterocycles. The number of rotatable bonds is 4. The van der Waals surface area contributed by atoms with Crippen molar-refractivity contribution in [2.24, 2.45) is 0 Å². The monoisotopic (exact) mass is 339 g/mol. The van der Waals surface area contributed by atoms with E-state index in [9.17, 15) is 0 Å². The van der Waals surface area contributed by atoms with E-state index in [1.54, 1.807) is 23.1 Å². The number of hydrogen-bond donors (Lipinski definition) is 1. The fraction of sp³-hybridized carbons (Fsp3) is 0.0625. The summed E-state index contributed by atoms with van der Waals surface area (Å²) in [5.74, 6) is 0. The van der Waals surface area contributed by atoms with Crippen LogP contribution >= 0.6 is 23.1 Å². The van der Waals surface area contributed by atoms with Crippen molar-refractivity contribution in [2.75, 3.05) is 11.6 Å². The second-order valence-corrected chi connectivity index (χ2v) is 6.51. The zero-order valence-corrected chi connectivity index (χ0v) is 13.9. The summed E-state index contributed by atoms with van der Waals surface area (Å²) in [5.41, 5.74) is 3.74. The third kappa shape index (κ3) is 2.80. The predicted octanol–water partition coefficient (Wildman–Crippen LogP) is 4.32. The van der Waals surface area contributed by atoms with E-state index >= 15 is 0 Å². The number of anilines is 2. The van der Waals surface area contributed by atoms with Crippen LogP contribution in [0.5, 0.6) is 0 Å². The maximum absolute atomic E-state index is 4.65. The van der Waals surface area contributed by atoms with Gasteiger partial charge in [0.05, 0.1) is 28.8 Å². The molecule has 5 nitrogen and oxygen atoms in total. The fourth-order valence-electron chi connectivity index (χ4n) is 2.27. The van der Waals surface area contributed by atoms with Crippen molar-refractivity contribution in [1.82, 2.24) is 19.4 Å². The molecule has 0 aliphatic heterocycles. The number of imidazole rings is 1.